The lowest BCUT2D eigenvalue weighted by Crippen LogP contribution is -2.47. The molecule has 2 aromatic rings. The van der Waals surface area contributed by atoms with E-state index in [9.17, 15) is 19.3 Å². The molecule has 0 heterocycles. The first-order chi connectivity index (χ1) is 14.3. The Balaban J connectivity index is 2.20. The van der Waals surface area contributed by atoms with E-state index in [1.165, 1.54) is 19.9 Å². The number of rotatable bonds is 9. The monoisotopic (exact) mass is 409 g/mol. The quantitative estimate of drug-likeness (QED) is 0.331. The number of hydrogen-bond donors (Lipinski definition) is 3. The molecule has 0 aromatic heterocycles. The molecule has 156 valence electrons. The summed E-state index contributed by atoms with van der Waals surface area (Å²) in [5.74, 6) is 3.95. The molecule has 2 unspecified atom stereocenters. The van der Waals surface area contributed by atoms with Crippen LogP contribution in [-0.4, -0.2) is 28.5 Å². The molecule has 0 saturated carbocycles. The van der Waals surface area contributed by atoms with Crippen molar-refractivity contribution in [2.45, 2.75) is 32.4 Å². The number of Topliss-reactive ketones (excluding diaryl/α,β-unsaturated/α-hetero) is 1. The number of nitrogens with two attached hydrogens (primary N) is 1. The van der Waals surface area contributed by atoms with Gasteiger partial charge in [0, 0.05) is 13.0 Å². The Morgan fingerprint density at radius 3 is 2.17 bits per heavy atom. The molecule has 8 nitrogen and oxygen atoms in total. The predicted octanol–water partition coefficient (Wildman–Crippen LogP) is 1.80. The molecule has 0 spiro atoms. The maximum absolute atomic E-state index is 12.9. The minimum Gasteiger partial charge on any atom is -0.344 e. The number of benzene rings is 2. The lowest BCUT2D eigenvalue weighted by Gasteiger charge is -2.22. The second kappa shape index (κ2) is 10.7. The van der Waals surface area contributed by atoms with Gasteiger partial charge >= 0.3 is 0 Å². The molecule has 0 aliphatic carbocycles. The maximum Gasteiger partial charge on any atom is 0.257 e. The van der Waals surface area contributed by atoms with Crippen molar-refractivity contribution in [3.63, 3.8) is 0 Å². The summed E-state index contributed by atoms with van der Waals surface area (Å²) in [5.41, 5.74) is 2.14. The Bertz CT molecular complexity index is 939. The van der Waals surface area contributed by atoms with E-state index in [0.717, 1.165) is 11.8 Å². The number of hydrogen-bond acceptors (Lipinski definition) is 4. The fraction of sp³-hybridized carbons (Fsp3) is 0.227. The van der Waals surface area contributed by atoms with Gasteiger partial charge in [0.2, 0.25) is 11.8 Å². The molecule has 2 atom stereocenters. The third-order valence-corrected chi connectivity index (χ3v) is 4.38. The standard InChI is InChI=1S/C22H24N4O4/c1-15(27)20(14-18-6-4-3-5-7-18)25-22(29)21(24-16(2)28)19-10-8-17(9-11-19)12-13-26(23)30/h3-13,20-21H,14H2,1-2H3,(H3-,23,24,25,28,29,30)/p+1. The van der Waals surface area contributed by atoms with Gasteiger partial charge in [0.25, 0.3) is 6.20 Å². The van der Waals surface area contributed by atoms with E-state index in [2.05, 4.69) is 10.6 Å². The van der Waals surface area contributed by atoms with Crippen molar-refractivity contribution < 1.29 is 19.3 Å². The van der Waals surface area contributed by atoms with Gasteiger partial charge in [0.15, 0.2) is 5.78 Å². The van der Waals surface area contributed by atoms with Crippen LogP contribution in [0.5, 0.6) is 0 Å². The van der Waals surface area contributed by atoms with Crippen molar-refractivity contribution in [1.29, 1.82) is 0 Å². The second-order valence-corrected chi connectivity index (χ2v) is 6.84. The lowest BCUT2D eigenvalue weighted by atomic mass is 10.0. The van der Waals surface area contributed by atoms with E-state index in [1.54, 1.807) is 24.3 Å². The molecule has 2 rings (SSSR count). The van der Waals surface area contributed by atoms with Gasteiger partial charge < -0.3 is 10.6 Å². The van der Waals surface area contributed by atoms with Crippen molar-refractivity contribution in [3.05, 3.63) is 82.4 Å². The third-order valence-electron chi connectivity index (χ3n) is 4.38. The van der Waals surface area contributed by atoms with Crippen LogP contribution in [0, 0.1) is 4.91 Å². The molecule has 2 aromatic carbocycles. The first kappa shape index (κ1) is 22.5. The van der Waals surface area contributed by atoms with Gasteiger partial charge in [-0.25, -0.2) is 0 Å². The van der Waals surface area contributed by atoms with Gasteiger partial charge in [0.1, 0.15) is 10.9 Å². The van der Waals surface area contributed by atoms with E-state index >= 15 is 0 Å². The number of nitroso groups, excluding NO2 is 1. The van der Waals surface area contributed by atoms with Gasteiger partial charge in [-0.15, -0.1) is 0 Å². The molecule has 30 heavy (non-hydrogen) atoms. The van der Waals surface area contributed by atoms with Gasteiger partial charge in [-0.05, 0) is 30.0 Å². The first-order valence-electron chi connectivity index (χ1n) is 9.37. The van der Waals surface area contributed by atoms with Crippen molar-refractivity contribution in [3.8, 4) is 0 Å². The summed E-state index contributed by atoms with van der Waals surface area (Å²) in [6, 6.07) is 14.4. The Labute approximate surface area is 174 Å². The van der Waals surface area contributed by atoms with E-state index in [4.69, 9.17) is 5.84 Å². The summed E-state index contributed by atoms with van der Waals surface area (Å²) in [4.78, 5) is 47.6. The van der Waals surface area contributed by atoms with Crippen LogP contribution in [0.4, 0.5) is 0 Å². The average molecular weight is 409 g/mol. The van der Waals surface area contributed by atoms with Crippen LogP contribution in [0.3, 0.4) is 0 Å². The predicted molar refractivity (Wildman–Crippen MR) is 113 cm³/mol. The van der Waals surface area contributed by atoms with Crippen LogP contribution >= 0.6 is 0 Å². The average Bonchev–Trinajstić information content (AvgIpc) is 2.71. The van der Waals surface area contributed by atoms with Gasteiger partial charge in [0.05, 0.1) is 10.9 Å². The number of hydrazine groups is 1. The molecular weight excluding hydrogens is 384 g/mol. The van der Waals surface area contributed by atoms with Crippen LogP contribution in [0.15, 0.2) is 60.8 Å². The molecule has 0 bridgehead atoms. The van der Waals surface area contributed by atoms with Crippen LogP contribution in [-0.2, 0) is 20.8 Å². The lowest BCUT2D eigenvalue weighted by molar-refractivity contribution is -0.489. The van der Waals surface area contributed by atoms with Crippen LogP contribution in [0.2, 0.25) is 0 Å². The normalized spacial score (nSPS) is 12.7. The van der Waals surface area contributed by atoms with E-state index in [-0.39, 0.29) is 16.6 Å². The zero-order valence-electron chi connectivity index (χ0n) is 16.9. The smallest absolute Gasteiger partial charge is 0.257 e. The summed E-state index contributed by atoms with van der Waals surface area (Å²) in [6.07, 6.45) is 3.01. The zero-order valence-corrected chi connectivity index (χ0v) is 16.9. The molecule has 0 aliphatic heterocycles. The molecule has 0 aliphatic rings. The fourth-order valence-electron chi connectivity index (χ4n) is 2.86. The number of carbonyl (C=O) groups excluding carboxylic acids is 3. The number of nitrogens with zero attached hydrogens (tertiary/aromatic N) is 1. The highest BCUT2D eigenvalue weighted by atomic mass is 16.3. The zero-order chi connectivity index (χ0) is 22.1. The second-order valence-electron chi connectivity index (χ2n) is 6.84. The van der Waals surface area contributed by atoms with Gasteiger partial charge in [-0.1, -0.05) is 54.6 Å². The van der Waals surface area contributed by atoms with Crippen LogP contribution < -0.4 is 16.5 Å². The van der Waals surface area contributed by atoms with E-state index in [0.29, 0.717) is 17.5 Å². The first-order valence-corrected chi connectivity index (χ1v) is 9.37. The number of ketones is 1. The Morgan fingerprint density at radius 1 is 1.00 bits per heavy atom. The SMILES string of the molecule is CC(=O)NC(C(=O)NC(Cc1ccccc1)C(C)=O)c1ccc(C=C[N+](N)=O)cc1. The fourth-order valence-corrected chi connectivity index (χ4v) is 2.86. The van der Waals surface area contributed by atoms with Crippen molar-refractivity contribution in [2.75, 3.05) is 0 Å². The van der Waals surface area contributed by atoms with E-state index < -0.39 is 18.0 Å². The molecule has 0 fully saturated rings. The molecule has 2 amide bonds. The molecule has 0 saturated heterocycles. The topological polar surface area (TPSA) is 121 Å². The van der Waals surface area contributed by atoms with E-state index in [1.807, 2.05) is 30.3 Å². The van der Waals surface area contributed by atoms with Gasteiger partial charge in [-0.2, -0.15) is 5.84 Å². The number of nitrogens with one attached hydrogen (secondary N) is 2. The maximum atomic E-state index is 12.9. The van der Waals surface area contributed by atoms with Crippen molar-refractivity contribution in [1.82, 2.24) is 10.6 Å². The van der Waals surface area contributed by atoms with Crippen LogP contribution in [0.25, 0.3) is 6.08 Å². The third kappa shape index (κ3) is 6.97. The molecular formula is C22H25N4O4+. The van der Waals surface area contributed by atoms with Gasteiger partial charge in [-0.3, -0.25) is 14.4 Å². The molecule has 4 N–H and O–H groups in total. The summed E-state index contributed by atoms with van der Waals surface area (Å²) in [5, 5.41) is 5.36. The summed E-state index contributed by atoms with van der Waals surface area (Å²) in [7, 11) is 0. The van der Waals surface area contributed by atoms with Crippen LogP contribution in [0.1, 0.15) is 36.6 Å². The minimum absolute atomic E-state index is 0.177. The highest BCUT2D eigenvalue weighted by molar-refractivity contribution is 5.92. The summed E-state index contributed by atoms with van der Waals surface area (Å²) >= 11 is 0. The number of amides is 2. The largest absolute Gasteiger partial charge is 0.344 e. The minimum atomic E-state index is -0.969. The Kier molecular flexibility index (Phi) is 7.99. The number of carbonyl (C=O) groups is 3. The van der Waals surface area contributed by atoms with Crippen molar-refractivity contribution in [2.24, 2.45) is 5.84 Å². The summed E-state index contributed by atoms with van der Waals surface area (Å²) in [6.45, 7) is 2.73. The van der Waals surface area contributed by atoms with Crippen molar-refractivity contribution >= 4 is 23.7 Å². The highest BCUT2D eigenvalue weighted by Crippen LogP contribution is 2.16. The highest BCUT2D eigenvalue weighted by Gasteiger charge is 2.26. The summed E-state index contributed by atoms with van der Waals surface area (Å²) < 4.78 is 0. The molecule has 8 heteroatoms. The Morgan fingerprint density at radius 2 is 1.63 bits per heavy atom. The molecule has 0 radical (unpaired) electrons. The Hall–Kier alpha value is -3.81.